The van der Waals surface area contributed by atoms with Crippen molar-refractivity contribution >= 4 is 0 Å². The number of hydrogen-bond donors (Lipinski definition) is 1. The summed E-state index contributed by atoms with van der Waals surface area (Å²) in [6, 6.07) is 7.58. The van der Waals surface area contributed by atoms with Crippen LogP contribution in [0.2, 0.25) is 0 Å². The lowest BCUT2D eigenvalue weighted by Crippen LogP contribution is -2.25. The Morgan fingerprint density at radius 1 is 1.50 bits per heavy atom. The normalized spacial score (nSPS) is 12.4. The van der Waals surface area contributed by atoms with Crippen LogP contribution in [-0.4, -0.2) is 37.3 Å². The van der Waals surface area contributed by atoms with Gasteiger partial charge in [-0.15, -0.1) is 6.58 Å². The van der Waals surface area contributed by atoms with Gasteiger partial charge in [-0.3, -0.25) is 0 Å². The first-order valence-electron chi connectivity index (χ1n) is 6.29. The predicted octanol–water partition coefficient (Wildman–Crippen LogP) is 2.63. The average Bonchev–Trinajstić information content (AvgIpc) is 2.39. The van der Waals surface area contributed by atoms with E-state index in [1.165, 1.54) is 0 Å². The number of likely N-dealkylation sites (N-methyl/N-ethyl adjacent to an activating group) is 1. The first kappa shape index (κ1) is 14.7. The third kappa shape index (κ3) is 4.90. The Bertz CT molecular complexity index is 365. The number of allylic oxidation sites excluding steroid dienone is 1. The Kier molecular flexibility index (Phi) is 6.47. The maximum atomic E-state index is 10.2. The van der Waals surface area contributed by atoms with Crippen molar-refractivity contribution < 1.29 is 9.84 Å². The Balaban J connectivity index is 2.47. The molecule has 18 heavy (non-hydrogen) atoms. The highest BCUT2D eigenvalue weighted by Gasteiger charge is 2.11. The van der Waals surface area contributed by atoms with Gasteiger partial charge >= 0.3 is 0 Å². The van der Waals surface area contributed by atoms with Crippen LogP contribution in [0.5, 0.6) is 5.75 Å². The SMILES string of the molecule is C=CCCCN(C)CC(O)c1cccc(OC)c1. The number of rotatable bonds is 8. The minimum Gasteiger partial charge on any atom is -0.497 e. The van der Waals surface area contributed by atoms with Crippen molar-refractivity contribution in [1.82, 2.24) is 4.90 Å². The van der Waals surface area contributed by atoms with Crippen molar-refractivity contribution in [2.75, 3.05) is 27.2 Å². The number of ether oxygens (including phenoxy) is 1. The molecule has 3 nitrogen and oxygen atoms in total. The number of unbranched alkanes of at least 4 members (excludes halogenated alkanes) is 1. The van der Waals surface area contributed by atoms with Crippen molar-refractivity contribution in [2.24, 2.45) is 0 Å². The molecule has 0 amide bonds. The molecule has 1 aromatic carbocycles. The van der Waals surface area contributed by atoms with Crippen molar-refractivity contribution in [1.29, 1.82) is 0 Å². The van der Waals surface area contributed by atoms with Gasteiger partial charge in [0.25, 0.3) is 0 Å². The maximum absolute atomic E-state index is 10.2. The van der Waals surface area contributed by atoms with E-state index in [0.717, 1.165) is 30.7 Å². The lowest BCUT2D eigenvalue weighted by Gasteiger charge is -2.20. The van der Waals surface area contributed by atoms with E-state index in [-0.39, 0.29) is 0 Å². The van der Waals surface area contributed by atoms with Crippen LogP contribution in [0.1, 0.15) is 24.5 Å². The van der Waals surface area contributed by atoms with Gasteiger partial charge in [-0.25, -0.2) is 0 Å². The molecule has 0 fully saturated rings. The molecule has 3 heteroatoms. The fourth-order valence-electron chi connectivity index (χ4n) is 1.85. The highest BCUT2D eigenvalue weighted by molar-refractivity contribution is 5.29. The molecule has 1 rings (SSSR count). The zero-order valence-electron chi connectivity index (χ0n) is 11.3. The summed E-state index contributed by atoms with van der Waals surface area (Å²) in [5.74, 6) is 0.779. The van der Waals surface area contributed by atoms with Crippen molar-refractivity contribution in [3.8, 4) is 5.75 Å². The smallest absolute Gasteiger partial charge is 0.119 e. The summed E-state index contributed by atoms with van der Waals surface area (Å²) in [4.78, 5) is 2.13. The molecule has 0 saturated heterocycles. The maximum Gasteiger partial charge on any atom is 0.119 e. The molecule has 1 aromatic rings. The van der Waals surface area contributed by atoms with E-state index in [9.17, 15) is 5.11 Å². The zero-order valence-corrected chi connectivity index (χ0v) is 11.3. The van der Waals surface area contributed by atoms with Crippen LogP contribution < -0.4 is 4.74 Å². The summed E-state index contributed by atoms with van der Waals surface area (Å²) in [5, 5.41) is 10.2. The summed E-state index contributed by atoms with van der Waals surface area (Å²) >= 11 is 0. The Labute approximate surface area is 110 Å². The molecule has 0 radical (unpaired) electrons. The van der Waals surface area contributed by atoms with Gasteiger partial charge in [0, 0.05) is 6.54 Å². The van der Waals surface area contributed by atoms with Crippen LogP contribution in [0.15, 0.2) is 36.9 Å². The van der Waals surface area contributed by atoms with Crippen LogP contribution in [0.4, 0.5) is 0 Å². The van der Waals surface area contributed by atoms with Gasteiger partial charge in [0.2, 0.25) is 0 Å². The first-order chi connectivity index (χ1) is 8.67. The topological polar surface area (TPSA) is 32.7 Å². The Morgan fingerprint density at radius 3 is 2.94 bits per heavy atom. The average molecular weight is 249 g/mol. The molecular formula is C15H23NO2. The van der Waals surface area contributed by atoms with E-state index in [1.54, 1.807) is 7.11 Å². The minimum absolute atomic E-state index is 0.478. The standard InChI is InChI=1S/C15H23NO2/c1-4-5-6-10-16(2)12-15(17)13-8-7-9-14(11-13)18-3/h4,7-9,11,15,17H,1,5-6,10,12H2,2-3H3. The Morgan fingerprint density at radius 2 is 2.28 bits per heavy atom. The first-order valence-corrected chi connectivity index (χ1v) is 6.29. The molecule has 0 heterocycles. The van der Waals surface area contributed by atoms with E-state index in [4.69, 9.17) is 4.74 Å². The van der Waals surface area contributed by atoms with Crippen LogP contribution >= 0.6 is 0 Å². The quantitative estimate of drug-likeness (QED) is 0.568. The molecule has 1 N–H and O–H groups in total. The molecule has 0 saturated carbocycles. The van der Waals surface area contributed by atoms with Gasteiger partial charge in [-0.05, 0) is 44.1 Å². The molecule has 1 unspecified atom stereocenters. The van der Waals surface area contributed by atoms with Gasteiger partial charge in [0.05, 0.1) is 13.2 Å². The number of nitrogens with zero attached hydrogens (tertiary/aromatic N) is 1. The number of hydrogen-bond acceptors (Lipinski definition) is 3. The molecule has 1 atom stereocenters. The number of methoxy groups -OCH3 is 1. The number of benzene rings is 1. The third-order valence-corrected chi connectivity index (χ3v) is 2.91. The largest absolute Gasteiger partial charge is 0.497 e. The van der Waals surface area contributed by atoms with Crippen LogP contribution in [0.25, 0.3) is 0 Å². The van der Waals surface area contributed by atoms with E-state index in [1.807, 2.05) is 37.4 Å². The molecular weight excluding hydrogens is 226 g/mol. The fourth-order valence-corrected chi connectivity index (χ4v) is 1.85. The molecule has 0 aliphatic carbocycles. The van der Waals surface area contributed by atoms with E-state index in [0.29, 0.717) is 6.54 Å². The second-order valence-corrected chi connectivity index (χ2v) is 4.49. The zero-order chi connectivity index (χ0) is 13.4. The van der Waals surface area contributed by atoms with Crippen LogP contribution in [0.3, 0.4) is 0 Å². The molecule has 0 spiro atoms. The van der Waals surface area contributed by atoms with Gasteiger partial charge in [0.15, 0.2) is 0 Å². The molecule has 0 aliphatic rings. The monoisotopic (exact) mass is 249 g/mol. The Hall–Kier alpha value is -1.32. The van der Waals surface area contributed by atoms with Crippen molar-refractivity contribution in [2.45, 2.75) is 18.9 Å². The van der Waals surface area contributed by atoms with E-state index >= 15 is 0 Å². The highest BCUT2D eigenvalue weighted by Crippen LogP contribution is 2.19. The summed E-state index contributed by atoms with van der Waals surface area (Å²) in [5.41, 5.74) is 0.893. The molecule has 0 bridgehead atoms. The number of aliphatic hydroxyl groups is 1. The van der Waals surface area contributed by atoms with Gasteiger partial charge in [-0.2, -0.15) is 0 Å². The van der Waals surface area contributed by atoms with Crippen molar-refractivity contribution in [3.05, 3.63) is 42.5 Å². The van der Waals surface area contributed by atoms with Crippen molar-refractivity contribution in [3.63, 3.8) is 0 Å². The summed E-state index contributed by atoms with van der Waals surface area (Å²) in [6.07, 6.45) is 3.53. The van der Waals surface area contributed by atoms with E-state index < -0.39 is 6.10 Å². The molecule has 0 aromatic heterocycles. The third-order valence-electron chi connectivity index (χ3n) is 2.91. The second-order valence-electron chi connectivity index (χ2n) is 4.49. The highest BCUT2D eigenvalue weighted by atomic mass is 16.5. The van der Waals surface area contributed by atoms with Gasteiger partial charge in [-0.1, -0.05) is 18.2 Å². The van der Waals surface area contributed by atoms with Crippen LogP contribution in [-0.2, 0) is 0 Å². The van der Waals surface area contributed by atoms with Gasteiger partial charge in [0.1, 0.15) is 5.75 Å². The van der Waals surface area contributed by atoms with E-state index in [2.05, 4.69) is 11.5 Å². The lowest BCUT2D eigenvalue weighted by molar-refractivity contribution is 0.126. The van der Waals surface area contributed by atoms with Gasteiger partial charge < -0.3 is 14.7 Å². The summed E-state index contributed by atoms with van der Waals surface area (Å²) in [6.45, 7) is 5.30. The van der Waals surface area contributed by atoms with Crippen LogP contribution in [0, 0.1) is 0 Å². The summed E-state index contributed by atoms with van der Waals surface area (Å²) in [7, 11) is 3.65. The summed E-state index contributed by atoms with van der Waals surface area (Å²) < 4.78 is 5.15. The molecule has 0 aliphatic heterocycles. The number of aliphatic hydroxyl groups excluding tert-OH is 1. The second kappa shape index (κ2) is 7.90. The minimum atomic E-state index is -0.478. The lowest BCUT2D eigenvalue weighted by atomic mass is 10.1. The fraction of sp³-hybridized carbons (Fsp3) is 0.467. The molecule has 100 valence electrons. The predicted molar refractivity (Wildman–Crippen MR) is 74.9 cm³/mol.